The van der Waals surface area contributed by atoms with Crippen LogP contribution < -0.4 is 22.9 Å². The summed E-state index contributed by atoms with van der Waals surface area (Å²) in [6.07, 6.45) is 7.09. The minimum absolute atomic E-state index is 0.0260. The van der Waals surface area contributed by atoms with E-state index in [4.69, 9.17) is 16.2 Å². The van der Waals surface area contributed by atoms with E-state index in [2.05, 4.69) is 18.4 Å². The lowest BCUT2D eigenvalue weighted by Crippen LogP contribution is -2.35. The predicted octanol–water partition coefficient (Wildman–Crippen LogP) is 0.0778. The van der Waals surface area contributed by atoms with Crippen molar-refractivity contribution >= 4 is 17.8 Å². The number of nitrogens with two attached hydrogens (primary N) is 4. The van der Waals surface area contributed by atoms with Gasteiger partial charge >= 0.3 is 5.97 Å². The van der Waals surface area contributed by atoms with Crippen LogP contribution in [-0.4, -0.2) is 36.5 Å². The molecule has 0 aromatic carbocycles. The number of carbonyl (C=O) groups is 3. The van der Waals surface area contributed by atoms with Gasteiger partial charge in [0.1, 0.15) is 12.1 Å². The summed E-state index contributed by atoms with van der Waals surface area (Å²) < 4.78 is 5.34. The molecule has 0 radical (unpaired) electrons. The number of amides is 2. The van der Waals surface area contributed by atoms with Crippen molar-refractivity contribution in [1.29, 1.82) is 0 Å². The van der Waals surface area contributed by atoms with E-state index in [9.17, 15) is 14.4 Å². The highest BCUT2D eigenvalue weighted by molar-refractivity contribution is 5.95. The maximum Gasteiger partial charge on any atom is 0.323 e. The van der Waals surface area contributed by atoms with Crippen molar-refractivity contribution in [3.63, 3.8) is 0 Å². The fraction of sp³-hybridized carbons (Fsp3) is 0.688. The van der Waals surface area contributed by atoms with Crippen LogP contribution in [0.25, 0.3) is 0 Å². The molecule has 0 aromatic rings. The molecule has 2 atom stereocenters. The lowest BCUT2D eigenvalue weighted by molar-refractivity contribution is -0.151. The van der Waals surface area contributed by atoms with Crippen molar-refractivity contribution in [2.45, 2.75) is 64.5 Å². The van der Waals surface area contributed by atoms with Crippen LogP contribution in [0.2, 0.25) is 0 Å². The Hall–Kier alpha value is -1.93. The molecular formula is C16H32N4O4. The van der Waals surface area contributed by atoms with E-state index < -0.39 is 17.9 Å². The highest BCUT2D eigenvalue weighted by Gasteiger charge is 2.18. The zero-order chi connectivity index (χ0) is 19.0. The molecule has 0 rings (SSSR count). The topological polar surface area (TPSA) is 165 Å². The molecule has 2 amide bonds. The normalized spacial score (nSPS) is 12.8. The maximum absolute atomic E-state index is 11.6. The second-order valence-electron chi connectivity index (χ2n) is 5.28. The number of primary amides is 2. The van der Waals surface area contributed by atoms with Crippen molar-refractivity contribution in [3.05, 3.63) is 12.2 Å². The number of hydrogen-bond donors (Lipinski definition) is 4. The molecule has 0 spiro atoms. The molecule has 24 heavy (non-hydrogen) atoms. The fourth-order valence-electron chi connectivity index (χ4n) is 1.71. The van der Waals surface area contributed by atoms with Crippen LogP contribution in [0.4, 0.5) is 0 Å². The summed E-state index contributed by atoms with van der Waals surface area (Å²) in [4.78, 5) is 31.3. The highest BCUT2D eigenvalue weighted by atomic mass is 16.5. The number of hydrogen-bond acceptors (Lipinski definition) is 6. The van der Waals surface area contributed by atoms with E-state index >= 15 is 0 Å². The van der Waals surface area contributed by atoms with E-state index in [-0.39, 0.29) is 12.1 Å². The van der Waals surface area contributed by atoms with E-state index in [1.54, 1.807) is 0 Å². The first-order valence-electron chi connectivity index (χ1n) is 8.21. The van der Waals surface area contributed by atoms with Crippen LogP contribution in [0.3, 0.4) is 0 Å². The Bertz CT molecular complexity index is 384. The molecule has 0 heterocycles. The molecule has 8 N–H and O–H groups in total. The lowest BCUT2D eigenvalue weighted by atomic mass is 10.1. The number of ether oxygens (including phenoxy) is 1. The van der Waals surface area contributed by atoms with Gasteiger partial charge in [-0.25, -0.2) is 0 Å². The first-order chi connectivity index (χ1) is 11.3. The van der Waals surface area contributed by atoms with Crippen LogP contribution in [0.1, 0.15) is 52.4 Å². The largest absolute Gasteiger partial charge is 0.461 e. The highest BCUT2D eigenvalue weighted by Crippen LogP contribution is 2.09. The zero-order valence-corrected chi connectivity index (χ0v) is 14.7. The molecule has 140 valence electrons. The van der Waals surface area contributed by atoms with Gasteiger partial charge in [0.25, 0.3) is 0 Å². The van der Waals surface area contributed by atoms with Crippen molar-refractivity contribution in [2.75, 3.05) is 6.54 Å². The Morgan fingerprint density at radius 3 is 1.92 bits per heavy atom. The van der Waals surface area contributed by atoms with Gasteiger partial charge < -0.3 is 27.7 Å². The molecule has 8 nitrogen and oxygen atoms in total. The van der Waals surface area contributed by atoms with Gasteiger partial charge in [-0.15, -0.1) is 0 Å². The second-order valence-corrected chi connectivity index (χ2v) is 5.28. The van der Waals surface area contributed by atoms with Gasteiger partial charge in [0.2, 0.25) is 11.8 Å². The van der Waals surface area contributed by atoms with Crippen molar-refractivity contribution < 1.29 is 19.1 Å². The Labute approximate surface area is 143 Å². The predicted molar refractivity (Wildman–Crippen MR) is 93.5 cm³/mol. The molecular weight excluding hydrogens is 312 g/mol. The van der Waals surface area contributed by atoms with Crippen LogP contribution in [0.15, 0.2) is 12.2 Å². The Balaban J connectivity index is 0. The first kappa shape index (κ1) is 24.3. The molecule has 0 saturated heterocycles. The lowest BCUT2D eigenvalue weighted by Gasteiger charge is -2.18. The van der Waals surface area contributed by atoms with Crippen molar-refractivity contribution in [1.82, 2.24) is 0 Å². The van der Waals surface area contributed by atoms with Gasteiger partial charge in [0.15, 0.2) is 0 Å². The molecule has 0 aliphatic rings. The second kappa shape index (κ2) is 15.9. The van der Waals surface area contributed by atoms with Gasteiger partial charge in [-0.1, -0.05) is 26.7 Å². The summed E-state index contributed by atoms with van der Waals surface area (Å²) in [7, 11) is 0. The molecule has 0 bridgehead atoms. The first-order valence-corrected chi connectivity index (χ1v) is 8.21. The molecule has 0 aromatic heterocycles. The van der Waals surface area contributed by atoms with Gasteiger partial charge in [-0.3, -0.25) is 14.4 Å². The van der Waals surface area contributed by atoms with E-state index in [0.29, 0.717) is 13.0 Å². The summed E-state index contributed by atoms with van der Waals surface area (Å²) in [5.41, 5.74) is 20.3. The molecule has 8 heteroatoms. The molecule has 0 aliphatic carbocycles. The van der Waals surface area contributed by atoms with Crippen LogP contribution >= 0.6 is 0 Å². The quantitative estimate of drug-likeness (QED) is 0.235. The number of rotatable bonds is 11. The van der Waals surface area contributed by atoms with E-state index in [1.165, 1.54) is 0 Å². The van der Waals surface area contributed by atoms with Gasteiger partial charge in [-0.05, 0) is 32.2 Å². The smallest absolute Gasteiger partial charge is 0.323 e. The molecule has 0 saturated carbocycles. The van der Waals surface area contributed by atoms with Crippen molar-refractivity contribution in [2.24, 2.45) is 22.9 Å². The summed E-state index contributed by atoms with van der Waals surface area (Å²) in [6, 6.07) is -0.488. The third-order valence-electron chi connectivity index (χ3n) is 3.03. The average molecular weight is 344 g/mol. The van der Waals surface area contributed by atoms with Crippen molar-refractivity contribution in [3.8, 4) is 0 Å². The molecule has 0 aliphatic heterocycles. The summed E-state index contributed by atoms with van der Waals surface area (Å²) in [5, 5.41) is 0. The maximum atomic E-state index is 11.6. The van der Waals surface area contributed by atoms with E-state index in [0.717, 1.165) is 44.3 Å². The number of esters is 1. The Morgan fingerprint density at radius 2 is 1.54 bits per heavy atom. The van der Waals surface area contributed by atoms with Gasteiger partial charge in [0.05, 0.1) is 0 Å². The minimum Gasteiger partial charge on any atom is -0.461 e. The fourth-order valence-corrected chi connectivity index (χ4v) is 1.71. The van der Waals surface area contributed by atoms with Gasteiger partial charge in [0, 0.05) is 12.2 Å². The summed E-state index contributed by atoms with van der Waals surface area (Å²) in [5.74, 6) is -1.62. The zero-order valence-electron chi connectivity index (χ0n) is 14.7. The van der Waals surface area contributed by atoms with Crippen LogP contribution in [0, 0.1) is 0 Å². The SMILES string of the molecule is CCCC(CC)OC(=O)[C@@H](N)CCCCN.NC(=O)/C=C/C(N)=O. The summed E-state index contributed by atoms with van der Waals surface area (Å²) >= 11 is 0. The third-order valence-corrected chi connectivity index (χ3v) is 3.03. The Kier molecular flexibility index (Phi) is 16.2. The van der Waals surface area contributed by atoms with Crippen LogP contribution in [-0.2, 0) is 19.1 Å². The number of unbranched alkanes of at least 4 members (excludes halogenated alkanes) is 1. The molecule has 0 fully saturated rings. The standard InChI is InChI=1S/C12H26N2O2.C4H6N2O2/c1-3-7-10(4-2)16-12(15)11(14)8-5-6-9-13;5-3(7)1-2-4(6)8/h10-11H,3-9,13-14H2,1-2H3;1-2H,(H2,5,7)(H2,6,8)/b;2-1+/t10?,11-;/m0./s1. The average Bonchev–Trinajstić information content (AvgIpc) is 2.53. The third kappa shape index (κ3) is 16.4. The Morgan fingerprint density at radius 1 is 1.00 bits per heavy atom. The van der Waals surface area contributed by atoms with Crippen LogP contribution in [0.5, 0.6) is 0 Å². The molecule has 1 unspecified atom stereocenters. The minimum atomic E-state index is -0.677. The monoisotopic (exact) mass is 344 g/mol. The summed E-state index contributed by atoms with van der Waals surface area (Å²) in [6.45, 7) is 4.75. The van der Waals surface area contributed by atoms with Gasteiger partial charge in [-0.2, -0.15) is 0 Å². The van der Waals surface area contributed by atoms with E-state index in [1.807, 2.05) is 6.92 Å². The number of carbonyl (C=O) groups excluding carboxylic acids is 3.